The predicted octanol–water partition coefficient (Wildman–Crippen LogP) is 2.24. The van der Waals surface area contributed by atoms with Crippen LogP contribution in [0, 0.1) is 16.7 Å². The maximum Gasteiger partial charge on any atom is 0.317 e. The van der Waals surface area contributed by atoms with Gasteiger partial charge < -0.3 is 20.1 Å². The first-order valence-electron chi connectivity index (χ1n) is 8.45. The topological polar surface area (TPSA) is 61.8 Å². The highest BCUT2D eigenvalue weighted by molar-refractivity contribution is 5.75. The van der Waals surface area contributed by atoms with E-state index in [1.807, 2.05) is 4.90 Å². The van der Waals surface area contributed by atoms with E-state index >= 15 is 0 Å². The SMILES string of the molecule is CC(C)(C)CN(CCCO)C(=O)NC1C2CCOC2C1(C)C. The zero-order valence-corrected chi connectivity index (χ0v) is 14.7. The Morgan fingerprint density at radius 1 is 1.41 bits per heavy atom. The van der Waals surface area contributed by atoms with Crippen molar-refractivity contribution < 1.29 is 14.6 Å². The standard InChI is InChI=1S/C17H32N2O3/c1-16(2,3)11-19(8-6-9-20)15(21)18-13-12-7-10-22-14(12)17(13,4)5/h12-14,20H,6-11H2,1-5H3,(H,18,21). The van der Waals surface area contributed by atoms with Crippen LogP contribution >= 0.6 is 0 Å². The maximum absolute atomic E-state index is 12.7. The molecule has 1 heterocycles. The molecule has 22 heavy (non-hydrogen) atoms. The number of aliphatic hydroxyl groups excluding tert-OH is 1. The second-order valence-corrected chi connectivity index (χ2v) is 8.55. The van der Waals surface area contributed by atoms with Crippen molar-refractivity contribution >= 4 is 6.03 Å². The minimum absolute atomic E-state index is 0.00120. The van der Waals surface area contributed by atoms with Crippen molar-refractivity contribution in [2.24, 2.45) is 16.7 Å². The van der Waals surface area contributed by atoms with Gasteiger partial charge in [0, 0.05) is 43.7 Å². The molecule has 2 aliphatic rings. The molecule has 2 fully saturated rings. The summed E-state index contributed by atoms with van der Waals surface area (Å²) in [4.78, 5) is 14.5. The van der Waals surface area contributed by atoms with Gasteiger partial charge in [-0.15, -0.1) is 0 Å². The average Bonchev–Trinajstić information content (AvgIpc) is 2.86. The molecule has 0 bridgehead atoms. The van der Waals surface area contributed by atoms with Gasteiger partial charge in [0.25, 0.3) is 0 Å². The van der Waals surface area contributed by atoms with Crippen LogP contribution in [0.5, 0.6) is 0 Å². The minimum Gasteiger partial charge on any atom is -0.396 e. The maximum atomic E-state index is 12.7. The second kappa shape index (κ2) is 6.36. The number of ether oxygens (including phenoxy) is 1. The number of carbonyl (C=O) groups excluding carboxylic acids is 1. The molecule has 5 nitrogen and oxygen atoms in total. The number of nitrogens with zero attached hydrogens (tertiary/aromatic N) is 1. The summed E-state index contributed by atoms with van der Waals surface area (Å²) < 4.78 is 5.79. The van der Waals surface area contributed by atoms with Gasteiger partial charge in [0.05, 0.1) is 6.10 Å². The first kappa shape index (κ1) is 17.5. The number of aliphatic hydroxyl groups is 1. The quantitative estimate of drug-likeness (QED) is 0.818. The highest BCUT2D eigenvalue weighted by atomic mass is 16.5. The Bertz CT molecular complexity index is 403. The summed E-state index contributed by atoms with van der Waals surface area (Å²) in [6.45, 7) is 12.9. The average molecular weight is 312 g/mol. The second-order valence-electron chi connectivity index (χ2n) is 8.55. The lowest BCUT2D eigenvalue weighted by Gasteiger charge is -2.54. The zero-order valence-electron chi connectivity index (χ0n) is 14.7. The van der Waals surface area contributed by atoms with Crippen molar-refractivity contribution in [2.45, 2.75) is 59.6 Å². The van der Waals surface area contributed by atoms with Gasteiger partial charge in [0.2, 0.25) is 0 Å². The number of urea groups is 1. The van der Waals surface area contributed by atoms with Gasteiger partial charge in [-0.25, -0.2) is 4.79 Å². The number of hydrogen-bond acceptors (Lipinski definition) is 3. The first-order chi connectivity index (χ1) is 10.2. The molecule has 0 aromatic carbocycles. The van der Waals surface area contributed by atoms with Crippen LogP contribution < -0.4 is 5.32 Å². The van der Waals surface area contributed by atoms with Crippen LogP contribution in [0.25, 0.3) is 0 Å². The van der Waals surface area contributed by atoms with Gasteiger partial charge in [-0.3, -0.25) is 0 Å². The van der Waals surface area contributed by atoms with E-state index in [0.717, 1.165) is 13.0 Å². The Hall–Kier alpha value is -0.810. The Morgan fingerprint density at radius 2 is 2.09 bits per heavy atom. The Labute approximate surface area is 134 Å². The molecule has 1 saturated heterocycles. The van der Waals surface area contributed by atoms with Crippen LogP contribution in [0.3, 0.4) is 0 Å². The van der Waals surface area contributed by atoms with Crippen LogP contribution in [0.15, 0.2) is 0 Å². The minimum atomic E-state index is -0.00759. The molecule has 1 aliphatic heterocycles. The van der Waals surface area contributed by atoms with E-state index in [9.17, 15) is 4.79 Å². The van der Waals surface area contributed by atoms with E-state index in [-0.39, 0.29) is 35.6 Å². The summed E-state index contributed by atoms with van der Waals surface area (Å²) >= 11 is 0. The third kappa shape index (κ3) is 3.57. The molecule has 3 atom stereocenters. The molecule has 1 saturated carbocycles. The molecule has 0 aromatic heterocycles. The number of hydrogen-bond donors (Lipinski definition) is 2. The highest BCUT2D eigenvalue weighted by Crippen LogP contribution is 2.52. The van der Waals surface area contributed by atoms with Crippen molar-refractivity contribution in [1.82, 2.24) is 10.2 Å². The van der Waals surface area contributed by atoms with Gasteiger partial charge in [-0.2, -0.15) is 0 Å². The van der Waals surface area contributed by atoms with E-state index in [1.165, 1.54) is 0 Å². The molecule has 5 heteroatoms. The molecular weight excluding hydrogens is 280 g/mol. The fraction of sp³-hybridized carbons (Fsp3) is 0.941. The summed E-state index contributed by atoms with van der Waals surface area (Å²) in [6, 6.07) is 0.177. The van der Waals surface area contributed by atoms with Crippen molar-refractivity contribution in [3.05, 3.63) is 0 Å². The largest absolute Gasteiger partial charge is 0.396 e. The molecule has 3 unspecified atom stereocenters. The van der Waals surface area contributed by atoms with E-state index in [1.54, 1.807) is 0 Å². The van der Waals surface area contributed by atoms with E-state index in [4.69, 9.17) is 9.84 Å². The lowest BCUT2D eigenvalue weighted by Crippen LogP contribution is -2.68. The van der Waals surface area contributed by atoms with Gasteiger partial charge in [0.15, 0.2) is 0 Å². The third-order valence-corrected chi connectivity index (χ3v) is 4.92. The molecular formula is C17H32N2O3. The Balaban J connectivity index is 1.98. The van der Waals surface area contributed by atoms with Crippen LogP contribution in [0.1, 0.15) is 47.5 Å². The number of rotatable bonds is 5. The van der Waals surface area contributed by atoms with E-state index in [2.05, 4.69) is 39.9 Å². The molecule has 0 radical (unpaired) electrons. The van der Waals surface area contributed by atoms with Crippen molar-refractivity contribution in [3.63, 3.8) is 0 Å². The zero-order chi connectivity index (χ0) is 16.5. The molecule has 1 aliphatic carbocycles. The molecule has 2 rings (SSSR count). The monoisotopic (exact) mass is 312 g/mol. The van der Waals surface area contributed by atoms with Gasteiger partial charge in [-0.1, -0.05) is 34.6 Å². The van der Waals surface area contributed by atoms with Gasteiger partial charge in [-0.05, 0) is 18.3 Å². The van der Waals surface area contributed by atoms with Gasteiger partial charge >= 0.3 is 6.03 Å². The van der Waals surface area contributed by atoms with Crippen molar-refractivity contribution in [3.8, 4) is 0 Å². The smallest absolute Gasteiger partial charge is 0.317 e. The van der Waals surface area contributed by atoms with E-state index in [0.29, 0.717) is 25.4 Å². The third-order valence-electron chi connectivity index (χ3n) is 4.92. The summed E-state index contributed by atoms with van der Waals surface area (Å²) in [5, 5.41) is 12.3. The summed E-state index contributed by atoms with van der Waals surface area (Å²) in [5.74, 6) is 0.452. The number of amides is 2. The molecule has 0 spiro atoms. The molecule has 2 amide bonds. The first-order valence-corrected chi connectivity index (χ1v) is 8.45. The normalized spacial score (nSPS) is 29.6. The van der Waals surface area contributed by atoms with Crippen LogP contribution in [-0.4, -0.2) is 54.5 Å². The Kier molecular flexibility index (Phi) is 5.07. The van der Waals surface area contributed by atoms with Crippen LogP contribution in [0.2, 0.25) is 0 Å². The summed E-state index contributed by atoms with van der Waals surface area (Å²) in [6.07, 6.45) is 1.94. The van der Waals surface area contributed by atoms with Crippen LogP contribution in [-0.2, 0) is 4.74 Å². The lowest BCUT2D eigenvalue weighted by atomic mass is 9.57. The predicted molar refractivity (Wildman–Crippen MR) is 86.7 cm³/mol. The van der Waals surface area contributed by atoms with Gasteiger partial charge in [0.1, 0.15) is 0 Å². The van der Waals surface area contributed by atoms with E-state index < -0.39 is 0 Å². The summed E-state index contributed by atoms with van der Waals surface area (Å²) in [5.41, 5.74) is 0.0438. The van der Waals surface area contributed by atoms with Crippen molar-refractivity contribution in [1.29, 1.82) is 0 Å². The number of carbonyl (C=O) groups is 1. The Morgan fingerprint density at radius 3 is 2.68 bits per heavy atom. The molecule has 2 N–H and O–H groups in total. The molecule has 128 valence electrons. The summed E-state index contributed by atoms with van der Waals surface area (Å²) in [7, 11) is 0. The fourth-order valence-electron chi connectivity index (χ4n) is 3.93. The lowest BCUT2D eigenvalue weighted by molar-refractivity contribution is -0.109. The fourth-order valence-corrected chi connectivity index (χ4v) is 3.93. The number of nitrogens with one attached hydrogen (secondary N) is 1. The highest BCUT2D eigenvalue weighted by Gasteiger charge is 2.60. The molecule has 0 aromatic rings. The number of fused-ring (bicyclic) bond motifs is 1. The van der Waals surface area contributed by atoms with Crippen molar-refractivity contribution in [2.75, 3.05) is 26.3 Å². The van der Waals surface area contributed by atoms with Crippen LogP contribution in [0.4, 0.5) is 4.79 Å².